The first-order valence-corrected chi connectivity index (χ1v) is 6.93. The van der Waals surface area contributed by atoms with E-state index in [0.29, 0.717) is 17.9 Å². The minimum absolute atomic E-state index is 0.163. The first kappa shape index (κ1) is 14.4. The molecule has 106 valence electrons. The minimum Gasteiger partial charge on any atom is -0.325 e. The lowest BCUT2D eigenvalue weighted by molar-refractivity contribution is 0.107. The van der Waals surface area contributed by atoms with Crippen LogP contribution in [0, 0.1) is 23.0 Å². The Morgan fingerprint density at radius 3 is 2.58 bits per heavy atom. The number of nitrogens with two attached hydrogens (primary N) is 1. The van der Waals surface area contributed by atoms with E-state index in [-0.39, 0.29) is 5.41 Å². The molecule has 0 aliphatic heterocycles. The largest absolute Gasteiger partial charge is 0.325 e. The van der Waals surface area contributed by atoms with Crippen LogP contribution in [0.15, 0.2) is 18.2 Å². The van der Waals surface area contributed by atoms with Gasteiger partial charge in [0.05, 0.1) is 0 Å². The molecule has 0 spiro atoms. The highest BCUT2D eigenvalue weighted by atomic mass is 19.2. The Labute approximate surface area is 114 Å². The van der Waals surface area contributed by atoms with Crippen LogP contribution in [-0.2, 0) is 6.42 Å². The summed E-state index contributed by atoms with van der Waals surface area (Å²) in [4.78, 5) is 0. The van der Waals surface area contributed by atoms with Gasteiger partial charge in [-0.05, 0) is 48.6 Å². The lowest BCUT2D eigenvalue weighted by Gasteiger charge is -2.46. The van der Waals surface area contributed by atoms with Crippen LogP contribution in [0.3, 0.4) is 0 Å². The predicted molar refractivity (Wildman–Crippen MR) is 73.8 cm³/mol. The van der Waals surface area contributed by atoms with E-state index >= 15 is 0 Å². The molecule has 19 heavy (non-hydrogen) atoms. The molecule has 1 aromatic rings. The van der Waals surface area contributed by atoms with Crippen molar-refractivity contribution < 1.29 is 8.78 Å². The lowest BCUT2D eigenvalue weighted by Crippen LogP contribution is -2.50. The van der Waals surface area contributed by atoms with Crippen LogP contribution in [0.2, 0.25) is 0 Å². The molecule has 0 saturated heterocycles. The Balaban J connectivity index is 2.23. The Kier molecular flexibility index (Phi) is 3.69. The van der Waals surface area contributed by atoms with Crippen molar-refractivity contribution in [3.63, 3.8) is 0 Å². The van der Waals surface area contributed by atoms with Gasteiger partial charge in [0.1, 0.15) is 0 Å². The second-order valence-electron chi connectivity index (χ2n) is 7.11. The molecule has 1 aliphatic rings. The van der Waals surface area contributed by atoms with Crippen molar-refractivity contribution in [1.29, 1.82) is 0 Å². The third-order valence-electron chi connectivity index (χ3n) is 4.06. The summed E-state index contributed by atoms with van der Waals surface area (Å²) in [6.07, 6.45) is 3.26. The smallest absolute Gasteiger partial charge is 0.162 e. The quantitative estimate of drug-likeness (QED) is 0.859. The van der Waals surface area contributed by atoms with Crippen molar-refractivity contribution in [2.24, 2.45) is 17.1 Å². The standard InChI is InChI=1S/C16H23F2N/c1-11-7-15(2,3)10-16(19,8-11)9-12-5-4-6-13(17)14(12)18/h4-6,11H,7-10,19H2,1-3H3. The average molecular weight is 267 g/mol. The summed E-state index contributed by atoms with van der Waals surface area (Å²) in [7, 11) is 0. The van der Waals surface area contributed by atoms with Gasteiger partial charge < -0.3 is 5.73 Å². The van der Waals surface area contributed by atoms with Gasteiger partial charge in [-0.3, -0.25) is 0 Å². The number of hydrogen-bond acceptors (Lipinski definition) is 1. The third-order valence-corrected chi connectivity index (χ3v) is 4.06. The number of benzene rings is 1. The topological polar surface area (TPSA) is 26.0 Å². The van der Waals surface area contributed by atoms with Gasteiger partial charge in [-0.1, -0.05) is 32.9 Å². The second kappa shape index (κ2) is 4.86. The number of halogens is 2. The van der Waals surface area contributed by atoms with E-state index in [0.717, 1.165) is 25.3 Å². The van der Waals surface area contributed by atoms with E-state index in [9.17, 15) is 8.78 Å². The van der Waals surface area contributed by atoms with Crippen LogP contribution in [0.1, 0.15) is 45.6 Å². The fourth-order valence-corrected chi connectivity index (χ4v) is 4.01. The average Bonchev–Trinajstić information content (AvgIpc) is 2.20. The van der Waals surface area contributed by atoms with E-state index in [1.165, 1.54) is 0 Å². The zero-order valence-electron chi connectivity index (χ0n) is 12.0. The molecule has 0 amide bonds. The molecule has 2 atom stereocenters. The van der Waals surface area contributed by atoms with Gasteiger partial charge in [0.25, 0.3) is 0 Å². The van der Waals surface area contributed by atoms with Gasteiger partial charge in [-0.15, -0.1) is 0 Å². The Morgan fingerprint density at radius 2 is 1.95 bits per heavy atom. The number of hydrogen-bond donors (Lipinski definition) is 1. The minimum atomic E-state index is -0.788. The molecule has 0 bridgehead atoms. The van der Waals surface area contributed by atoms with Gasteiger partial charge >= 0.3 is 0 Å². The van der Waals surface area contributed by atoms with Crippen molar-refractivity contribution >= 4 is 0 Å². The van der Waals surface area contributed by atoms with Crippen LogP contribution in [0.25, 0.3) is 0 Å². The number of rotatable bonds is 2. The summed E-state index contributed by atoms with van der Waals surface area (Å²) in [5.41, 5.74) is 6.61. The zero-order valence-corrected chi connectivity index (χ0v) is 12.0. The van der Waals surface area contributed by atoms with Crippen LogP contribution >= 0.6 is 0 Å². The molecule has 0 radical (unpaired) electrons. The summed E-state index contributed by atoms with van der Waals surface area (Å²) in [6.45, 7) is 6.59. The maximum absolute atomic E-state index is 13.8. The molecule has 1 saturated carbocycles. The Bertz CT molecular complexity index is 470. The zero-order chi connectivity index (χ0) is 14.3. The van der Waals surface area contributed by atoms with Crippen LogP contribution in [-0.4, -0.2) is 5.54 Å². The summed E-state index contributed by atoms with van der Waals surface area (Å²) < 4.78 is 27.1. The summed E-state index contributed by atoms with van der Waals surface area (Å²) >= 11 is 0. The van der Waals surface area contributed by atoms with Crippen molar-refractivity contribution in [3.8, 4) is 0 Å². The lowest BCUT2D eigenvalue weighted by atomic mass is 9.63. The highest BCUT2D eigenvalue weighted by Crippen LogP contribution is 2.44. The maximum Gasteiger partial charge on any atom is 0.162 e. The molecule has 0 heterocycles. The third kappa shape index (κ3) is 3.33. The maximum atomic E-state index is 13.8. The van der Waals surface area contributed by atoms with Gasteiger partial charge in [0, 0.05) is 5.54 Å². The van der Waals surface area contributed by atoms with E-state index in [2.05, 4.69) is 20.8 Å². The van der Waals surface area contributed by atoms with E-state index in [1.54, 1.807) is 12.1 Å². The van der Waals surface area contributed by atoms with E-state index in [4.69, 9.17) is 5.73 Å². The summed E-state index contributed by atoms with van der Waals surface area (Å²) in [5, 5.41) is 0. The van der Waals surface area contributed by atoms with Crippen molar-refractivity contribution in [3.05, 3.63) is 35.4 Å². The van der Waals surface area contributed by atoms with Crippen LogP contribution in [0.4, 0.5) is 8.78 Å². The van der Waals surface area contributed by atoms with Crippen molar-refractivity contribution in [1.82, 2.24) is 0 Å². The highest BCUT2D eigenvalue weighted by molar-refractivity contribution is 5.22. The van der Waals surface area contributed by atoms with Crippen molar-refractivity contribution in [2.75, 3.05) is 0 Å². The second-order valence-corrected chi connectivity index (χ2v) is 7.11. The fraction of sp³-hybridized carbons (Fsp3) is 0.625. The molecule has 1 aromatic carbocycles. The summed E-state index contributed by atoms with van der Waals surface area (Å²) in [6, 6.07) is 4.34. The summed E-state index contributed by atoms with van der Waals surface area (Å²) in [5.74, 6) is -1.02. The van der Waals surface area contributed by atoms with Crippen LogP contribution in [0.5, 0.6) is 0 Å². The normalized spacial score (nSPS) is 30.3. The molecule has 2 N–H and O–H groups in total. The van der Waals surface area contributed by atoms with Gasteiger partial charge in [0.2, 0.25) is 0 Å². The van der Waals surface area contributed by atoms with E-state index < -0.39 is 17.2 Å². The predicted octanol–water partition coefficient (Wildman–Crippen LogP) is 4.05. The Morgan fingerprint density at radius 1 is 1.26 bits per heavy atom. The molecular weight excluding hydrogens is 244 g/mol. The molecule has 2 unspecified atom stereocenters. The monoisotopic (exact) mass is 267 g/mol. The van der Waals surface area contributed by atoms with Gasteiger partial charge in [-0.25, -0.2) is 8.78 Å². The van der Waals surface area contributed by atoms with Gasteiger partial charge in [0.15, 0.2) is 11.6 Å². The molecule has 2 rings (SSSR count). The fourth-order valence-electron chi connectivity index (χ4n) is 4.01. The van der Waals surface area contributed by atoms with Gasteiger partial charge in [-0.2, -0.15) is 0 Å². The first-order chi connectivity index (χ1) is 8.71. The molecule has 1 fully saturated rings. The molecule has 0 aromatic heterocycles. The SMILES string of the molecule is CC1CC(C)(C)CC(N)(Cc2cccc(F)c2F)C1. The van der Waals surface area contributed by atoms with E-state index in [1.807, 2.05) is 0 Å². The molecule has 3 heteroatoms. The first-order valence-electron chi connectivity index (χ1n) is 6.93. The molecule has 1 aliphatic carbocycles. The molecule has 1 nitrogen and oxygen atoms in total. The highest BCUT2D eigenvalue weighted by Gasteiger charge is 2.40. The van der Waals surface area contributed by atoms with Crippen molar-refractivity contribution in [2.45, 2.75) is 52.0 Å². The molecular formula is C16H23F2N. The Hall–Kier alpha value is -0.960. The van der Waals surface area contributed by atoms with Crippen LogP contribution < -0.4 is 5.73 Å².